The molecule has 0 saturated heterocycles. The molecule has 1 aliphatic rings. The van der Waals surface area contributed by atoms with Gasteiger partial charge in [0.25, 0.3) is 0 Å². The molecule has 242 valence electrons. The molecule has 45 heavy (non-hydrogen) atoms. The van der Waals surface area contributed by atoms with Crippen molar-refractivity contribution in [1.29, 1.82) is 0 Å². The molecule has 1 aromatic rings. The summed E-state index contributed by atoms with van der Waals surface area (Å²) in [5.74, 6) is -2.87. The number of esters is 4. The molecule has 0 bridgehead atoms. The first kappa shape index (κ1) is 36.2. The van der Waals surface area contributed by atoms with E-state index in [1.165, 1.54) is 19.4 Å². The van der Waals surface area contributed by atoms with Crippen LogP contribution in [0.5, 0.6) is 0 Å². The average Bonchev–Trinajstić information content (AvgIpc) is 3.01. The average molecular weight is 625 g/mol. The van der Waals surface area contributed by atoms with Crippen molar-refractivity contribution in [2.45, 2.75) is 58.8 Å². The van der Waals surface area contributed by atoms with E-state index in [1.807, 2.05) is 24.3 Å². The Hall–Kier alpha value is -5.00. The number of anilines is 1. The third-order valence-electron chi connectivity index (χ3n) is 6.17. The van der Waals surface area contributed by atoms with Gasteiger partial charge < -0.3 is 29.6 Å². The molecule has 2 rings (SSSR count). The van der Waals surface area contributed by atoms with E-state index in [9.17, 15) is 28.8 Å². The molecule has 1 aromatic carbocycles. The summed E-state index contributed by atoms with van der Waals surface area (Å²) >= 11 is 0. The fourth-order valence-electron chi connectivity index (χ4n) is 3.77. The smallest absolute Gasteiger partial charge is 0.333 e. The van der Waals surface area contributed by atoms with Crippen LogP contribution in [-0.2, 0) is 54.1 Å². The van der Waals surface area contributed by atoms with Gasteiger partial charge in [0, 0.05) is 35.4 Å². The standard InChI is InChI=1S/C33H40N2O10/c1-22(2)32(40)44-19-17-42-30(38)15-13-28(36)34-26-9-5-24(6-10-26)21-25-7-11-27(12-8-25)35-29(37)14-16-31(39)43-18-20-45-33(41)23(3)4/h5-7,9-11H,1,3,8,12-21H2,2,4H3,(H,34,36)(H,35,37). The van der Waals surface area contributed by atoms with Gasteiger partial charge in [-0.3, -0.25) is 19.2 Å². The highest BCUT2D eigenvalue weighted by molar-refractivity contribution is 5.92. The number of carbonyl (C=O) groups excluding carboxylic acids is 6. The van der Waals surface area contributed by atoms with Gasteiger partial charge in [0.05, 0.1) is 12.8 Å². The third-order valence-corrected chi connectivity index (χ3v) is 6.17. The molecule has 12 heteroatoms. The second kappa shape index (κ2) is 19.3. The minimum atomic E-state index is -0.568. The maximum atomic E-state index is 12.2. The van der Waals surface area contributed by atoms with Crippen LogP contribution in [-0.4, -0.2) is 62.1 Å². The zero-order valence-corrected chi connectivity index (χ0v) is 25.7. The van der Waals surface area contributed by atoms with Gasteiger partial charge in [-0.05, 0) is 56.9 Å². The van der Waals surface area contributed by atoms with E-state index in [-0.39, 0.29) is 75.1 Å². The van der Waals surface area contributed by atoms with Crippen molar-refractivity contribution in [1.82, 2.24) is 5.32 Å². The highest BCUT2D eigenvalue weighted by Crippen LogP contribution is 2.22. The molecule has 2 N–H and O–H groups in total. The maximum absolute atomic E-state index is 12.2. The van der Waals surface area contributed by atoms with E-state index in [0.29, 0.717) is 18.5 Å². The largest absolute Gasteiger partial charge is 0.462 e. The van der Waals surface area contributed by atoms with Crippen LogP contribution in [0.1, 0.15) is 57.9 Å². The quantitative estimate of drug-likeness (QED) is 0.106. The summed E-state index contributed by atoms with van der Waals surface area (Å²) in [6.45, 7) is 9.59. The van der Waals surface area contributed by atoms with Crippen LogP contribution >= 0.6 is 0 Å². The SMILES string of the molecule is C=C(C)C(=O)OCCOC(=O)CCC(=O)NC1=CC=C(Cc2ccc(NC(=O)CCC(=O)OCCOC(=O)C(=C)C)cc2)CC1. The summed E-state index contributed by atoms with van der Waals surface area (Å²) in [7, 11) is 0. The van der Waals surface area contributed by atoms with Crippen LogP contribution in [0.25, 0.3) is 0 Å². The van der Waals surface area contributed by atoms with Crippen LogP contribution in [0, 0.1) is 0 Å². The number of hydrogen-bond acceptors (Lipinski definition) is 10. The summed E-state index contributed by atoms with van der Waals surface area (Å²) in [4.78, 5) is 70.6. The van der Waals surface area contributed by atoms with Crippen molar-refractivity contribution < 1.29 is 47.7 Å². The van der Waals surface area contributed by atoms with E-state index >= 15 is 0 Å². The Balaban J connectivity index is 1.65. The van der Waals surface area contributed by atoms with Gasteiger partial charge in [0.15, 0.2) is 0 Å². The summed E-state index contributed by atoms with van der Waals surface area (Å²) in [6, 6.07) is 7.38. The highest BCUT2D eigenvalue weighted by atomic mass is 16.6. The molecule has 0 unspecified atom stereocenters. The van der Waals surface area contributed by atoms with Crippen molar-refractivity contribution in [3.8, 4) is 0 Å². The number of carbonyl (C=O) groups is 6. The zero-order chi connectivity index (χ0) is 33.2. The molecule has 0 fully saturated rings. The molecule has 1 aliphatic carbocycles. The van der Waals surface area contributed by atoms with E-state index in [1.54, 1.807) is 12.1 Å². The van der Waals surface area contributed by atoms with Crippen LogP contribution in [0.2, 0.25) is 0 Å². The summed E-state index contributed by atoms with van der Waals surface area (Å²) in [5.41, 5.74) is 4.09. The van der Waals surface area contributed by atoms with Gasteiger partial charge >= 0.3 is 23.9 Å². The number of hydrogen-bond donors (Lipinski definition) is 2. The first-order valence-electron chi connectivity index (χ1n) is 14.5. The van der Waals surface area contributed by atoms with Crippen molar-refractivity contribution in [2.24, 2.45) is 0 Å². The Labute approximate surface area is 262 Å². The summed E-state index contributed by atoms with van der Waals surface area (Å²) < 4.78 is 19.6. The lowest BCUT2D eigenvalue weighted by atomic mass is 9.96. The number of ether oxygens (including phenoxy) is 4. The third kappa shape index (κ3) is 15.3. The Bertz CT molecular complexity index is 1340. The number of benzene rings is 1. The molecule has 0 aromatic heterocycles. The first-order chi connectivity index (χ1) is 21.4. The minimum Gasteiger partial charge on any atom is -0.462 e. The molecule has 0 radical (unpaired) electrons. The summed E-state index contributed by atoms with van der Waals surface area (Å²) in [6.07, 6.45) is 5.63. The van der Waals surface area contributed by atoms with Crippen molar-refractivity contribution in [3.63, 3.8) is 0 Å². The first-order valence-corrected chi connectivity index (χ1v) is 14.5. The van der Waals surface area contributed by atoms with Gasteiger partial charge in [-0.2, -0.15) is 0 Å². The van der Waals surface area contributed by atoms with Crippen LogP contribution < -0.4 is 10.6 Å². The maximum Gasteiger partial charge on any atom is 0.333 e. The van der Waals surface area contributed by atoms with Crippen LogP contribution in [0.4, 0.5) is 5.69 Å². The predicted molar refractivity (Wildman–Crippen MR) is 164 cm³/mol. The zero-order valence-electron chi connectivity index (χ0n) is 25.7. The Morgan fingerprint density at radius 2 is 1.13 bits per heavy atom. The molecule has 0 saturated carbocycles. The lowest BCUT2D eigenvalue weighted by molar-refractivity contribution is -0.150. The van der Waals surface area contributed by atoms with E-state index in [4.69, 9.17) is 18.9 Å². The van der Waals surface area contributed by atoms with Gasteiger partial charge in [-0.25, -0.2) is 9.59 Å². The van der Waals surface area contributed by atoms with Gasteiger partial charge in [-0.15, -0.1) is 0 Å². The van der Waals surface area contributed by atoms with E-state index < -0.39 is 23.9 Å². The molecular formula is C33H40N2O10. The van der Waals surface area contributed by atoms with Crippen LogP contribution in [0.3, 0.4) is 0 Å². The van der Waals surface area contributed by atoms with Crippen molar-refractivity contribution in [2.75, 3.05) is 31.7 Å². The monoisotopic (exact) mass is 624 g/mol. The molecule has 12 nitrogen and oxygen atoms in total. The Kier molecular flexibility index (Phi) is 15.5. The predicted octanol–water partition coefficient (Wildman–Crippen LogP) is 3.77. The second-order valence-corrected chi connectivity index (χ2v) is 10.3. The number of nitrogens with one attached hydrogen (secondary N) is 2. The number of rotatable bonds is 18. The molecule has 0 atom stereocenters. The Morgan fingerprint density at radius 3 is 1.60 bits per heavy atom. The van der Waals surface area contributed by atoms with Crippen LogP contribution in [0.15, 0.2) is 72.0 Å². The highest BCUT2D eigenvalue weighted by Gasteiger charge is 2.14. The minimum absolute atomic E-state index is 0.0277. The summed E-state index contributed by atoms with van der Waals surface area (Å²) in [5, 5.41) is 5.56. The molecule has 0 spiro atoms. The number of amides is 2. The molecule has 2 amide bonds. The molecular weight excluding hydrogens is 584 g/mol. The van der Waals surface area contributed by atoms with E-state index in [2.05, 4.69) is 23.8 Å². The van der Waals surface area contributed by atoms with Gasteiger partial charge in [0.2, 0.25) is 11.8 Å². The van der Waals surface area contributed by atoms with Gasteiger partial charge in [-0.1, -0.05) is 36.9 Å². The van der Waals surface area contributed by atoms with Gasteiger partial charge in [0.1, 0.15) is 26.4 Å². The molecule has 0 heterocycles. The van der Waals surface area contributed by atoms with E-state index in [0.717, 1.165) is 17.7 Å². The topological polar surface area (TPSA) is 163 Å². The van der Waals surface area contributed by atoms with Crippen molar-refractivity contribution in [3.05, 3.63) is 77.6 Å². The fourth-order valence-corrected chi connectivity index (χ4v) is 3.77. The normalized spacial score (nSPS) is 12.0. The lowest BCUT2D eigenvalue weighted by Gasteiger charge is -2.16. The second-order valence-electron chi connectivity index (χ2n) is 10.3. The Morgan fingerprint density at radius 1 is 0.644 bits per heavy atom. The number of allylic oxidation sites excluding steroid dienone is 4. The molecule has 0 aliphatic heterocycles. The van der Waals surface area contributed by atoms with Crippen molar-refractivity contribution >= 4 is 41.4 Å². The lowest BCUT2D eigenvalue weighted by Crippen LogP contribution is -2.24. The fraction of sp³-hybridized carbons (Fsp3) is 0.394.